The Morgan fingerprint density at radius 1 is 0.746 bits per heavy atom. The summed E-state index contributed by atoms with van der Waals surface area (Å²) in [7, 11) is 0. The summed E-state index contributed by atoms with van der Waals surface area (Å²) in [4.78, 5) is 170. The standard InChI is InChI=1S/C87H118N18O21/c1-8-13-69-51(7)68(106)42-70(126-69)62(16-9-14-48(4)40-50(6)41-49(5)20-29-57-15-10-19-73(109)125-57)101-86(121)123-45-52-21-25-55(26-22-52)96-78(111)63(17-11-38-92-85(90)120)99-79(112)74(47(2)3)102-87(122)124-46-60-58-30-32-61(88)67(35-31-59(58)60)105(91)39-12-18-64(81(114)115)97-71(107)36-33-65(82(116)117)98-72(108)37-34-66(83(118)119)100-77(110)53-23-27-54(28-24-53)93-43-56-44-94-76-75(95-56)80(113)104-84(89)103-76/h8-10,13-14,16,19-29,41,44,47,50-51,57-60,62-66,68-70,74,93,106H,11-12,15,17-18,30-40,42-43,45-46,88,91H2,1-7H3,(H,96,111)(H,97,107)(H,98,108)(H,99,112)(H,100,110)(H,101,121)(H,102,122)(H,114,115)(H,116,117)(H,118,119)(H3,90,92,120)(H3,89,94,103,104,113)/b13-8+,16-9+,29-20+,48-14+,49-41-,67-61-/t50-,51+,57?,58-,59+,60-,62-,63+,64+,65?,66+,68-,69?,70?,74+/m1/s1. The van der Waals surface area contributed by atoms with Crippen molar-refractivity contribution in [2.75, 3.05) is 36.1 Å². The van der Waals surface area contributed by atoms with Gasteiger partial charge in [0, 0.05) is 79.1 Å². The van der Waals surface area contributed by atoms with Gasteiger partial charge in [-0.1, -0.05) is 99.6 Å². The second-order valence-corrected chi connectivity index (χ2v) is 32.3. The number of benzene rings is 2. The Balaban J connectivity index is 0.744. The van der Waals surface area contributed by atoms with E-state index in [1.165, 1.54) is 29.4 Å². The molecule has 2 aliphatic carbocycles. The molecule has 1 saturated carbocycles. The van der Waals surface area contributed by atoms with Crippen LogP contribution in [0, 0.1) is 35.5 Å². The summed E-state index contributed by atoms with van der Waals surface area (Å²) in [6.45, 7) is 13.5. The highest BCUT2D eigenvalue weighted by Crippen LogP contribution is 2.54. The molecule has 22 N–H and O–H groups in total. The number of nitrogens with one attached hydrogen (secondary N) is 9. The zero-order valence-electron chi connectivity index (χ0n) is 71.7. The van der Waals surface area contributed by atoms with Crippen molar-refractivity contribution >= 4 is 100 Å². The van der Waals surface area contributed by atoms with Crippen molar-refractivity contribution < 1.29 is 102 Å². The smallest absolute Gasteiger partial charge is 0.408 e. The van der Waals surface area contributed by atoms with Crippen molar-refractivity contribution in [3.05, 3.63) is 155 Å². The minimum absolute atomic E-state index is 0.0173. The lowest BCUT2D eigenvalue weighted by Gasteiger charge is -2.39. The monoisotopic (exact) mass is 1750 g/mol. The molecular weight excluding hydrogens is 1630 g/mol. The number of hydrogen-bond donors (Lipinski definition) is 18. The van der Waals surface area contributed by atoms with E-state index in [9.17, 15) is 83.1 Å². The molecule has 4 aromatic rings. The topological polar surface area (TPSA) is 610 Å². The molecule has 682 valence electrons. The zero-order chi connectivity index (χ0) is 91.8. The van der Waals surface area contributed by atoms with Gasteiger partial charge in [0.25, 0.3) is 5.91 Å². The summed E-state index contributed by atoms with van der Waals surface area (Å²) >= 11 is 0. The van der Waals surface area contributed by atoms with Gasteiger partial charge in [-0.2, -0.15) is 9.97 Å². The van der Waals surface area contributed by atoms with Crippen LogP contribution in [0.15, 0.2) is 138 Å². The Hall–Kier alpha value is -13.0. The Bertz CT molecular complexity index is 4730. The summed E-state index contributed by atoms with van der Waals surface area (Å²) < 4.78 is 23.2. The van der Waals surface area contributed by atoms with Crippen molar-refractivity contribution in [3.8, 4) is 5.88 Å². The number of hydrazine groups is 1. The highest BCUT2D eigenvalue weighted by Gasteiger charge is 2.50. The number of amides is 9. The number of hydrogen-bond acceptors (Lipinski definition) is 27. The molecule has 39 nitrogen and oxygen atoms in total. The quantitative estimate of drug-likeness (QED) is 0.00438. The molecule has 15 atom stereocenters. The minimum atomic E-state index is -1.64. The molecule has 9 amide bonds. The van der Waals surface area contributed by atoms with Crippen molar-refractivity contribution in [3.63, 3.8) is 0 Å². The second kappa shape index (κ2) is 48.3. The lowest BCUT2D eigenvalue weighted by atomic mass is 9.87. The number of primary amides is 1. The van der Waals surface area contributed by atoms with E-state index in [-0.39, 0.29) is 129 Å². The Morgan fingerprint density at radius 2 is 1.39 bits per heavy atom. The molecule has 39 heteroatoms. The number of carboxylic acids is 3. The molecule has 4 unspecified atom stereocenters. The van der Waals surface area contributed by atoms with Crippen LogP contribution in [0.4, 0.5) is 31.7 Å². The van der Waals surface area contributed by atoms with Gasteiger partial charge in [-0.3, -0.25) is 24.0 Å². The number of cyclic esters (lactones) is 1. The Kier molecular flexibility index (Phi) is 37.7. The number of ether oxygens (including phenoxy) is 4. The van der Waals surface area contributed by atoms with Crippen LogP contribution in [0.5, 0.6) is 5.88 Å². The normalized spacial score (nSPS) is 21.2. The number of nitrogens with two attached hydrogens (primary N) is 4. The number of carbonyl (C=O) groups is 12. The number of aromatic hydroxyl groups is 1. The van der Waals surface area contributed by atoms with E-state index in [4.69, 9.17) is 42.0 Å². The molecule has 2 aromatic carbocycles. The van der Waals surface area contributed by atoms with E-state index in [1.54, 1.807) is 56.3 Å². The van der Waals surface area contributed by atoms with E-state index >= 15 is 0 Å². The Morgan fingerprint density at radius 3 is 2.04 bits per heavy atom. The SMILES string of the molecule is C/C=C/C1OC([C@@H](/C=C/C=C(\C)C[C@@H](C)/C=C(C)\C=C\C2CC=CC(=O)O2)NC(=O)OCc2ccc(NC(=O)[C@H](CCCNC(N)=O)NC(=O)[C@@H](NC(=O)OC[C@@H]3[C@@H]4CC/C(N)=C(/N(N)CCC[C@H](NC(=O)CCC(NC(=O)CC[C@H](NC(=O)c5ccc(NCc6cnc7nc(N)nc(O)c7n6)cc5)C(=O)O)C(=O)O)C(=O)O)CC[C@@H]43)C(C)C)cc2)C[C@@H](O)[C@@H]1C. The first kappa shape index (κ1) is 98.4. The molecule has 126 heavy (non-hydrogen) atoms. The Labute approximate surface area is 729 Å². The summed E-state index contributed by atoms with van der Waals surface area (Å²) in [5.41, 5.74) is 22.8. The van der Waals surface area contributed by atoms with Gasteiger partial charge in [-0.05, 0) is 169 Å². The third-order valence-corrected chi connectivity index (χ3v) is 22.0. The van der Waals surface area contributed by atoms with Gasteiger partial charge in [-0.15, -0.1) is 0 Å². The predicted molar refractivity (Wildman–Crippen MR) is 462 cm³/mol. The van der Waals surface area contributed by atoms with Crippen LogP contribution >= 0.6 is 0 Å². The van der Waals surface area contributed by atoms with Gasteiger partial charge in [0.2, 0.25) is 35.5 Å². The number of aliphatic hydroxyl groups is 1. The van der Waals surface area contributed by atoms with E-state index in [0.29, 0.717) is 66.1 Å². The fourth-order valence-electron chi connectivity index (χ4n) is 15.1. The van der Waals surface area contributed by atoms with E-state index in [1.807, 2.05) is 70.2 Å². The van der Waals surface area contributed by atoms with Crippen LogP contribution < -0.4 is 70.9 Å². The maximum Gasteiger partial charge on any atom is 0.408 e. The number of allylic oxidation sites excluding steroid dienone is 9. The number of rotatable bonds is 45. The number of anilines is 3. The fourth-order valence-corrected chi connectivity index (χ4v) is 15.1. The first-order chi connectivity index (χ1) is 60.0. The van der Waals surface area contributed by atoms with Gasteiger partial charge in [-0.25, -0.2) is 49.4 Å². The van der Waals surface area contributed by atoms with Crippen LogP contribution in [0.1, 0.15) is 166 Å². The van der Waals surface area contributed by atoms with Crippen molar-refractivity contribution in [1.82, 2.24) is 62.2 Å². The van der Waals surface area contributed by atoms with E-state index < -0.39 is 158 Å². The maximum atomic E-state index is 14.1. The van der Waals surface area contributed by atoms with Crippen LogP contribution in [-0.4, -0.2) is 202 Å². The fraction of sp³-hybridized carbons (Fsp3) is 0.494. The number of esters is 1. The molecule has 0 bridgehead atoms. The van der Waals surface area contributed by atoms with Gasteiger partial charge in [0.1, 0.15) is 42.9 Å². The molecule has 0 spiro atoms. The lowest BCUT2D eigenvalue weighted by Crippen LogP contribution is -2.54. The van der Waals surface area contributed by atoms with E-state index in [0.717, 1.165) is 17.6 Å². The number of urea groups is 1. The number of nitrogen functional groups attached to an aromatic ring is 1. The van der Waals surface area contributed by atoms with Crippen LogP contribution in [0.2, 0.25) is 0 Å². The molecule has 4 heterocycles. The first-order valence-electron chi connectivity index (χ1n) is 42.0. The molecular formula is C87H118N18O21. The van der Waals surface area contributed by atoms with Gasteiger partial charge < -0.3 is 115 Å². The number of aliphatic hydroxyl groups excluding tert-OH is 1. The largest absolute Gasteiger partial charge is 0.492 e. The predicted octanol–water partition coefficient (Wildman–Crippen LogP) is 6.32. The number of carboxylic acid groups (broad SMARTS) is 3. The lowest BCUT2D eigenvalue weighted by molar-refractivity contribution is -0.143. The highest BCUT2D eigenvalue weighted by atomic mass is 16.6. The third kappa shape index (κ3) is 31.6. The van der Waals surface area contributed by atoms with Gasteiger partial charge in [0.15, 0.2) is 11.2 Å². The maximum absolute atomic E-state index is 14.1. The van der Waals surface area contributed by atoms with Gasteiger partial charge in [0.05, 0.1) is 49.4 Å². The van der Waals surface area contributed by atoms with Crippen molar-refractivity contribution in [2.24, 2.45) is 52.8 Å². The molecule has 0 radical (unpaired) electrons. The summed E-state index contributed by atoms with van der Waals surface area (Å²) in [5, 5.41) is 76.2. The summed E-state index contributed by atoms with van der Waals surface area (Å²) in [5.74, 6) is -2.93. The first-order valence-corrected chi connectivity index (χ1v) is 42.0. The molecule has 2 aromatic heterocycles. The van der Waals surface area contributed by atoms with Crippen LogP contribution in [0.25, 0.3) is 11.2 Å². The molecule has 4 aliphatic rings. The van der Waals surface area contributed by atoms with Crippen molar-refractivity contribution in [2.45, 2.75) is 219 Å². The average molecular weight is 1750 g/mol. The average Bonchev–Trinajstić information content (AvgIpc) is 1.62. The van der Waals surface area contributed by atoms with Gasteiger partial charge >= 0.3 is 42.1 Å². The molecule has 8 rings (SSSR count). The second-order valence-electron chi connectivity index (χ2n) is 32.3. The minimum Gasteiger partial charge on any atom is -0.492 e. The van der Waals surface area contributed by atoms with Crippen molar-refractivity contribution in [1.29, 1.82) is 0 Å². The number of nitrogens with zero attached hydrogens (tertiary/aromatic N) is 5. The number of carbonyl (C=O) groups excluding carboxylic acids is 9. The molecule has 1 saturated heterocycles. The zero-order valence-corrected chi connectivity index (χ0v) is 71.7. The summed E-state index contributed by atoms with van der Waals surface area (Å²) in [6, 6.07) is 3.93. The summed E-state index contributed by atoms with van der Waals surface area (Å²) in [6.07, 6.45) is 18.4. The number of aromatic nitrogens is 4. The highest BCUT2D eigenvalue weighted by molar-refractivity contribution is 5.99. The number of aliphatic carboxylic acids is 3. The number of fused-ring (bicyclic) bond motifs is 2. The molecule has 2 fully saturated rings. The molecule has 2 aliphatic heterocycles. The van der Waals surface area contributed by atoms with Crippen LogP contribution in [0.3, 0.4) is 0 Å². The van der Waals surface area contributed by atoms with Crippen LogP contribution in [-0.2, 0) is 70.5 Å². The number of alkyl carbamates (subject to hydrolysis) is 2. The van der Waals surface area contributed by atoms with E-state index in [2.05, 4.69) is 80.8 Å². The third-order valence-electron chi connectivity index (χ3n) is 22.0.